The minimum Gasteiger partial charge on any atom is -0.345 e. The van der Waals surface area contributed by atoms with Crippen LogP contribution < -0.4 is 9.80 Å². The van der Waals surface area contributed by atoms with Crippen LogP contribution in [0.5, 0.6) is 0 Å². The van der Waals surface area contributed by atoms with E-state index in [4.69, 9.17) is 5.26 Å². The third-order valence-electron chi connectivity index (χ3n) is 7.32. The zero-order valence-electron chi connectivity index (χ0n) is 22.9. The molecule has 0 bridgehead atoms. The van der Waals surface area contributed by atoms with Gasteiger partial charge in [0, 0.05) is 35.5 Å². The summed E-state index contributed by atoms with van der Waals surface area (Å²) in [6.07, 6.45) is 0. The van der Waals surface area contributed by atoms with Crippen molar-refractivity contribution in [3.63, 3.8) is 0 Å². The molecule has 6 aromatic carbocycles. The molecule has 0 heterocycles. The lowest BCUT2D eigenvalue weighted by Gasteiger charge is -2.26. The molecule has 0 aliphatic heterocycles. The summed E-state index contributed by atoms with van der Waals surface area (Å²) in [5, 5.41) is 9.07. The molecule has 0 aliphatic rings. The summed E-state index contributed by atoms with van der Waals surface area (Å²) in [7, 11) is 2.04. The third kappa shape index (κ3) is 5.59. The topological polar surface area (TPSA) is 30.3 Å². The monoisotopic (exact) mass is 527 g/mol. The van der Waals surface area contributed by atoms with Gasteiger partial charge < -0.3 is 9.80 Å². The van der Waals surface area contributed by atoms with Crippen LogP contribution in [0.1, 0.15) is 5.56 Å². The van der Waals surface area contributed by atoms with Crippen molar-refractivity contribution < 1.29 is 0 Å². The first-order chi connectivity index (χ1) is 20.2. The Hall–Kier alpha value is -5.59. The van der Waals surface area contributed by atoms with Gasteiger partial charge >= 0.3 is 0 Å². The molecule has 0 unspecified atom stereocenters. The van der Waals surface area contributed by atoms with Crippen LogP contribution in [0.4, 0.5) is 28.4 Å². The Morgan fingerprint density at radius 2 is 0.854 bits per heavy atom. The predicted molar refractivity (Wildman–Crippen MR) is 171 cm³/mol. The minimum absolute atomic E-state index is 0.663. The van der Waals surface area contributed by atoms with Crippen molar-refractivity contribution in [2.45, 2.75) is 0 Å². The summed E-state index contributed by atoms with van der Waals surface area (Å²) in [6, 6.07) is 56.8. The van der Waals surface area contributed by atoms with Crippen molar-refractivity contribution in [2.75, 3.05) is 16.8 Å². The maximum atomic E-state index is 9.07. The quantitative estimate of drug-likeness (QED) is 0.207. The molecule has 0 atom stereocenters. The number of hydrogen-bond donors (Lipinski definition) is 0. The Morgan fingerprint density at radius 3 is 1.44 bits per heavy atom. The maximum absolute atomic E-state index is 9.07. The molecule has 0 aliphatic carbocycles. The smallest absolute Gasteiger partial charge is 0.0991 e. The lowest BCUT2D eigenvalue weighted by Crippen LogP contribution is -2.10. The van der Waals surface area contributed by atoms with E-state index in [2.05, 4.69) is 137 Å². The molecule has 0 amide bonds. The molecular weight excluding hydrogens is 498 g/mol. The van der Waals surface area contributed by atoms with Gasteiger partial charge in [0.05, 0.1) is 11.6 Å². The second kappa shape index (κ2) is 11.7. The largest absolute Gasteiger partial charge is 0.345 e. The Bertz CT molecular complexity index is 1770. The molecule has 3 nitrogen and oxygen atoms in total. The minimum atomic E-state index is 0.663. The molecule has 0 fully saturated rings. The number of hydrogen-bond acceptors (Lipinski definition) is 3. The average molecular weight is 528 g/mol. The third-order valence-corrected chi connectivity index (χ3v) is 7.32. The Kier molecular flexibility index (Phi) is 7.30. The SMILES string of the molecule is CN(c1ccc(C#N)cc1)c1ccc(-c2ccc(N(c3ccccc3)c3cccc(-c4ccccc4)c3)cc2)cc1. The van der Waals surface area contributed by atoms with Crippen molar-refractivity contribution in [2.24, 2.45) is 0 Å². The van der Waals surface area contributed by atoms with Gasteiger partial charge in [-0.05, 0) is 95.1 Å². The van der Waals surface area contributed by atoms with E-state index < -0.39 is 0 Å². The van der Waals surface area contributed by atoms with Crippen LogP contribution in [0.15, 0.2) is 158 Å². The highest BCUT2D eigenvalue weighted by Gasteiger charge is 2.14. The highest BCUT2D eigenvalue weighted by molar-refractivity contribution is 5.81. The molecule has 0 N–H and O–H groups in total. The predicted octanol–water partition coefficient (Wildman–Crippen LogP) is 10.1. The first-order valence-corrected chi connectivity index (χ1v) is 13.6. The highest BCUT2D eigenvalue weighted by Crippen LogP contribution is 2.37. The van der Waals surface area contributed by atoms with E-state index in [1.54, 1.807) is 0 Å². The van der Waals surface area contributed by atoms with Crippen LogP contribution in [-0.4, -0.2) is 7.05 Å². The Morgan fingerprint density at radius 1 is 0.415 bits per heavy atom. The molecule has 6 aromatic rings. The van der Waals surface area contributed by atoms with Gasteiger partial charge in [-0.2, -0.15) is 5.26 Å². The van der Waals surface area contributed by atoms with Crippen LogP contribution in [0.2, 0.25) is 0 Å². The molecule has 0 aromatic heterocycles. The van der Waals surface area contributed by atoms with Crippen molar-refractivity contribution in [1.29, 1.82) is 5.26 Å². The van der Waals surface area contributed by atoms with E-state index in [9.17, 15) is 0 Å². The Balaban J connectivity index is 1.28. The fourth-order valence-corrected chi connectivity index (χ4v) is 5.07. The first-order valence-electron chi connectivity index (χ1n) is 13.6. The molecule has 0 radical (unpaired) electrons. The fourth-order valence-electron chi connectivity index (χ4n) is 5.07. The summed E-state index contributed by atoms with van der Waals surface area (Å²) >= 11 is 0. The van der Waals surface area contributed by atoms with Gasteiger partial charge in [-0.1, -0.05) is 84.9 Å². The summed E-state index contributed by atoms with van der Waals surface area (Å²) in [5.74, 6) is 0. The van der Waals surface area contributed by atoms with Crippen molar-refractivity contribution in [1.82, 2.24) is 0 Å². The van der Waals surface area contributed by atoms with Crippen LogP contribution in [0.3, 0.4) is 0 Å². The number of benzene rings is 6. The summed E-state index contributed by atoms with van der Waals surface area (Å²) in [6.45, 7) is 0. The van der Waals surface area contributed by atoms with Crippen molar-refractivity contribution >= 4 is 28.4 Å². The maximum Gasteiger partial charge on any atom is 0.0991 e. The zero-order chi connectivity index (χ0) is 28.0. The van der Waals surface area contributed by atoms with E-state index in [-0.39, 0.29) is 0 Å². The number of para-hydroxylation sites is 1. The van der Waals surface area contributed by atoms with Gasteiger partial charge in [0.25, 0.3) is 0 Å². The summed E-state index contributed by atoms with van der Waals surface area (Å²) in [4.78, 5) is 4.42. The van der Waals surface area contributed by atoms with E-state index >= 15 is 0 Å². The van der Waals surface area contributed by atoms with Gasteiger partial charge in [-0.3, -0.25) is 0 Å². The first kappa shape index (κ1) is 25.7. The van der Waals surface area contributed by atoms with Gasteiger partial charge in [0.2, 0.25) is 0 Å². The van der Waals surface area contributed by atoms with E-state index in [1.165, 1.54) is 11.1 Å². The lowest BCUT2D eigenvalue weighted by atomic mass is 10.0. The number of anilines is 5. The second-order valence-electron chi connectivity index (χ2n) is 9.90. The van der Waals surface area contributed by atoms with Gasteiger partial charge in [-0.25, -0.2) is 0 Å². The molecule has 196 valence electrons. The standard InChI is InChI=1S/C38H29N3/c1-40(34-21-15-29(28-39)16-22-34)35-23-17-31(18-24-35)32-19-25-37(26-20-32)41(36-12-6-3-7-13-36)38-14-8-11-33(27-38)30-9-4-2-5-10-30/h2-27H,1H3. The molecular formula is C38H29N3. The number of nitriles is 1. The Labute approximate surface area is 241 Å². The molecule has 0 spiro atoms. The molecule has 0 saturated heterocycles. The number of rotatable bonds is 7. The van der Waals surface area contributed by atoms with Crippen LogP contribution >= 0.6 is 0 Å². The second-order valence-corrected chi connectivity index (χ2v) is 9.90. The average Bonchev–Trinajstić information content (AvgIpc) is 3.06. The highest BCUT2D eigenvalue weighted by atomic mass is 15.1. The van der Waals surface area contributed by atoms with Crippen LogP contribution in [-0.2, 0) is 0 Å². The molecule has 6 rings (SSSR count). The van der Waals surface area contributed by atoms with Crippen molar-refractivity contribution in [3.8, 4) is 28.3 Å². The normalized spacial score (nSPS) is 10.5. The van der Waals surface area contributed by atoms with E-state index in [1.807, 2.05) is 43.4 Å². The van der Waals surface area contributed by atoms with Crippen LogP contribution in [0.25, 0.3) is 22.3 Å². The fraction of sp³-hybridized carbons (Fsp3) is 0.0263. The number of nitrogens with zero attached hydrogens (tertiary/aromatic N) is 3. The molecule has 41 heavy (non-hydrogen) atoms. The van der Waals surface area contributed by atoms with Gasteiger partial charge in [-0.15, -0.1) is 0 Å². The summed E-state index contributed by atoms with van der Waals surface area (Å²) in [5.41, 5.74) is 10.8. The van der Waals surface area contributed by atoms with E-state index in [0.717, 1.165) is 39.6 Å². The van der Waals surface area contributed by atoms with Gasteiger partial charge in [0.1, 0.15) is 0 Å². The molecule has 0 saturated carbocycles. The zero-order valence-corrected chi connectivity index (χ0v) is 22.9. The van der Waals surface area contributed by atoms with Crippen LogP contribution in [0, 0.1) is 11.3 Å². The van der Waals surface area contributed by atoms with Crippen molar-refractivity contribution in [3.05, 3.63) is 163 Å². The summed E-state index contributed by atoms with van der Waals surface area (Å²) < 4.78 is 0. The van der Waals surface area contributed by atoms with E-state index in [0.29, 0.717) is 5.56 Å². The molecule has 3 heteroatoms. The lowest BCUT2D eigenvalue weighted by molar-refractivity contribution is 1.21. The van der Waals surface area contributed by atoms with Gasteiger partial charge in [0.15, 0.2) is 0 Å².